The van der Waals surface area contributed by atoms with Gasteiger partial charge in [-0.3, -0.25) is 9.59 Å². The topological polar surface area (TPSA) is 103 Å². The highest BCUT2D eigenvalue weighted by atomic mass is 32.1. The third kappa shape index (κ3) is 4.39. The van der Waals surface area contributed by atoms with Crippen LogP contribution in [0.2, 0.25) is 0 Å². The van der Waals surface area contributed by atoms with Crippen molar-refractivity contribution in [2.75, 3.05) is 0 Å². The van der Waals surface area contributed by atoms with Crippen molar-refractivity contribution in [1.29, 1.82) is 0 Å². The summed E-state index contributed by atoms with van der Waals surface area (Å²) in [5.41, 5.74) is 0.661. The van der Waals surface area contributed by atoms with Gasteiger partial charge in [-0.05, 0) is 24.1 Å². The Labute approximate surface area is 161 Å². The van der Waals surface area contributed by atoms with Crippen LogP contribution in [0.3, 0.4) is 0 Å². The Bertz CT molecular complexity index is 809. The summed E-state index contributed by atoms with van der Waals surface area (Å²) >= 11 is 1.44. The molecule has 2 amide bonds. The number of amides is 2. The van der Waals surface area contributed by atoms with E-state index in [0.717, 1.165) is 17.8 Å². The number of carbonyl (C=O) groups excluding carboxylic acids is 2. The van der Waals surface area contributed by atoms with Crippen molar-refractivity contribution in [3.8, 4) is 11.5 Å². The minimum Gasteiger partial charge on any atom is -0.504 e. The minimum absolute atomic E-state index is 0.105. The zero-order valence-electron chi connectivity index (χ0n) is 15.1. The molecule has 2 atom stereocenters. The van der Waals surface area contributed by atoms with E-state index in [9.17, 15) is 19.8 Å². The number of thiazole rings is 1. The highest BCUT2D eigenvalue weighted by molar-refractivity contribution is 7.09. The second kappa shape index (κ2) is 8.39. The van der Waals surface area contributed by atoms with Gasteiger partial charge in [0.25, 0.3) is 0 Å². The molecule has 1 aliphatic heterocycles. The summed E-state index contributed by atoms with van der Waals surface area (Å²) in [4.78, 5) is 31.6. The Balaban J connectivity index is 1.85. The standard InChI is InChI=1S/C19H23N3O4S/c1-2-3-4-13-19(26)22(11-17-20-7-8-27-17)14(18(25)21-13)9-12-5-6-15(23)16(24)10-12/h5-8,10,13-14,23-24H,2-4,9,11H2,1H3,(H,21,25). The van der Waals surface area contributed by atoms with E-state index in [1.54, 1.807) is 17.2 Å². The van der Waals surface area contributed by atoms with E-state index in [1.165, 1.54) is 23.5 Å². The van der Waals surface area contributed by atoms with Gasteiger partial charge >= 0.3 is 0 Å². The molecule has 8 heteroatoms. The van der Waals surface area contributed by atoms with Gasteiger partial charge in [0, 0.05) is 18.0 Å². The lowest BCUT2D eigenvalue weighted by molar-refractivity contribution is -0.150. The van der Waals surface area contributed by atoms with Gasteiger partial charge in [-0.2, -0.15) is 0 Å². The lowest BCUT2D eigenvalue weighted by Gasteiger charge is -2.38. The maximum absolute atomic E-state index is 13.0. The number of nitrogens with zero attached hydrogens (tertiary/aromatic N) is 2. The molecule has 3 rings (SSSR count). The fourth-order valence-electron chi connectivity index (χ4n) is 3.22. The number of benzene rings is 1. The van der Waals surface area contributed by atoms with E-state index in [1.807, 2.05) is 12.3 Å². The first kappa shape index (κ1) is 19.2. The Kier molecular flexibility index (Phi) is 5.95. The molecule has 0 radical (unpaired) electrons. The molecular formula is C19H23N3O4S. The van der Waals surface area contributed by atoms with Gasteiger partial charge in [-0.25, -0.2) is 4.98 Å². The van der Waals surface area contributed by atoms with Crippen LogP contribution in [0, 0.1) is 0 Å². The van der Waals surface area contributed by atoms with Crippen LogP contribution in [0.1, 0.15) is 36.8 Å². The molecule has 1 aromatic heterocycles. The summed E-state index contributed by atoms with van der Waals surface area (Å²) < 4.78 is 0. The molecule has 3 N–H and O–H groups in total. The number of carbonyl (C=O) groups is 2. The molecule has 0 bridgehead atoms. The molecule has 2 aromatic rings. The van der Waals surface area contributed by atoms with E-state index in [-0.39, 0.29) is 36.3 Å². The number of unbranched alkanes of at least 4 members (excludes halogenated alkanes) is 1. The van der Waals surface area contributed by atoms with Gasteiger partial charge in [0.05, 0.1) is 6.54 Å². The Morgan fingerprint density at radius 3 is 2.74 bits per heavy atom. The fourth-order valence-corrected chi connectivity index (χ4v) is 3.83. The van der Waals surface area contributed by atoms with Crippen molar-refractivity contribution >= 4 is 23.2 Å². The van der Waals surface area contributed by atoms with Crippen LogP contribution in [0.4, 0.5) is 0 Å². The quantitative estimate of drug-likeness (QED) is 0.630. The SMILES string of the molecule is CCCCC1NC(=O)C(Cc2ccc(O)c(O)c2)N(Cc2nccs2)C1=O. The fraction of sp³-hybridized carbons (Fsp3) is 0.421. The number of phenols is 2. The third-order valence-electron chi connectivity index (χ3n) is 4.68. The lowest BCUT2D eigenvalue weighted by Crippen LogP contribution is -2.63. The molecule has 27 heavy (non-hydrogen) atoms. The van der Waals surface area contributed by atoms with E-state index < -0.39 is 12.1 Å². The van der Waals surface area contributed by atoms with E-state index in [0.29, 0.717) is 12.0 Å². The van der Waals surface area contributed by atoms with Gasteiger partial charge in [-0.1, -0.05) is 25.8 Å². The number of phenolic OH excluding ortho intramolecular Hbond substituents is 2. The van der Waals surface area contributed by atoms with E-state index in [2.05, 4.69) is 10.3 Å². The van der Waals surface area contributed by atoms with Crippen molar-refractivity contribution < 1.29 is 19.8 Å². The molecule has 0 spiro atoms. The highest BCUT2D eigenvalue weighted by Crippen LogP contribution is 2.27. The molecule has 2 unspecified atom stereocenters. The summed E-state index contributed by atoms with van der Waals surface area (Å²) in [6.07, 6.45) is 4.34. The molecular weight excluding hydrogens is 366 g/mol. The lowest BCUT2D eigenvalue weighted by atomic mass is 9.97. The summed E-state index contributed by atoms with van der Waals surface area (Å²) in [6.45, 7) is 2.32. The van der Waals surface area contributed by atoms with Crippen molar-refractivity contribution in [3.05, 3.63) is 40.3 Å². The summed E-state index contributed by atoms with van der Waals surface area (Å²) in [5, 5.41) is 24.7. The first-order valence-electron chi connectivity index (χ1n) is 8.99. The van der Waals surface area contributed by atoms with Crippen LogP contribution in [0.5, 0.6) is 11.5 Å². The molecule has 1 aromatic carbocycles. The molecule has 0 saturated carbocycles. The predicted octanol–water partition coefficient (Wildman–Crippen LogP) is 2.18. The normalized spacial score (nSPS) is 20.0. The number of hydrogen-bond acceptors (Lipinski definition) is 6. The molecule has 7 nitrogen and oxygen atoms in total. The predicted molar refractivity (Wildman–Crippen MR) is 101 cm³/mol. The van der Waals surface area contributed by atoms with Crippen molar-refractivity contribution in [1.82, 2.24) is 15.2 Å². The Hall–Kier alpha value is -2.61. The smallest absolute Gasteiger partial charge is 0.246 e. The van der Waals surface area contributed by atoms with Crippen LogP contribution in [0.25, 0.3) is 0 Å². The average molecular weight is 389 g/mol. The summed E-state index contributed by atoms with van der Waals surface area (Å²) in [6, 6.07) is 3.22. The van der Waals surface area contributed by atoms with Crippen molar-refractivity contribution in [2.24, 2.45) is 0 Å². The zero-order chi connectivity index (χ0) is 19.4. The number of hydrogen-bond donors (Lipinski definition) is 3. The summed E-state index contributed by atoms with van der Waals surface area (Å²) in [5.74, 6) is -0.782. The van der Waals surface area contributed by atoms with Gasteiger partial charge < -0.3 is 20.4 Å². The van der Waals surface area contributed by atoms with Crippen LogP contribution < -0.4 is 5.32 Å². The van der Waals surface area contributed by atoms with E-state index >= 15 is 0 Å². The molecule has 1 saturated heterocycles. The largest absolute Gasteiger partial charge is 0.504 e. The molecule has 1 aliphatic rings. The third-order valence-corrected chi connectivity index (χ3v) is 5.45. The Morgan fingerprint density at radius 1 is 1.26 bits per heavy atom. The second-order valence-corrected chi connectivity index (χ2v) is 7.62. The summed E-state index contributed by atoms with van der Waals surface area (Å²) in [7, 11) is 0. The van der Waals surface area contributed by atoms with Crippen molar-refractivity contribution in [3.63, 3.8) is 0 Å². The van der Waals surface area contributed by atoms with Gasteiger partial charge in [-0.15, -0.1) is 11.3 Å². The highest BCUT2D eigenvalue weighted by Gasteiger charge is 2.40. The number of rotatable bonds is 7. The second-order valence-electron chi connectivity index (χ2n) is 6.64. The first-order chi connectivity index (χ1) is 13.0. The van der Waals surface area contributed by atoms with Crippen LogP contribution in [-0.4, -0.2) is 44.0 Å². The van der Waals surface area contributed by atoms with E-state index in [4.69, 9.17) is 0 Å². The number of aromatic hydroxyl groups is 2. The first-order valence-corrected chi connectivity index (χ1v) is 9.87. The van der Waals surface area contributed by atoms with Gasteiger partial charge in [0.2, 0.25) is 11.8 Å². The molecule has 0 aliphatic carbocycles. The number of aromatic nitrogens is 1. The van der Waals surface area contributed by atoms with Crippen LogP contribution in [0.15, 0.2) is 29.8 Å². The number of piperazine rings is 1. The zero-order valence-corrected chi connectivity index (χ0v) is 15.9. The number of nitrogens with one attached hydrogen (secondary N) is 1. The molecule has 2 heterocycles. The Morgan fingerprint density at radius 2 is 2.07 bits per heavy atom. The maximum Gasteiger partial charge on any atom is 0.246 e. The molecule has 144 valence electrons. The van der Waals surface area contributed by atoms with Crippen LogP contribution in [-0.2, 0) is 22.6 Å². The van der Waals surface area contributed by atoms with Gasteiger partial charge in [0.15, 0.2) is 11.5 Å². The van der Waals surface area contributed by atoms with Gasteiger partial charge in [0.1, 0.15) is 17.1 Å². The maximum atomic E-state index is 13.0. The monoisotopic (exact) mass is 389 g/mol. The van der Waals surface area contributed by atoms with Crippen molar-refractivity contribution in [2.45, 2.75) is 51.2 Å². The van der Waals surface area contributed by atoms with Crippen LogP contribution >= 0.6 is 11.3 Å². The minimum atomic E-state index is -0.691. The molecule has 1 fully saturated rings. The average Bonchev–Trinajstić information content (AvgIpc) is 3.16.